The average molecular weight is 312 g/mol. The summed E-state index contributed by atoms with van der Waals surface area (Å²) in [6, 6.07) is 8.18. The highest BCUT2D eigenvalue weighted by Crippen LogP contribution is 2.17. The Hall–Kier alpha value is -1.36. The van der Waals surface area contributed by atoms with Crippen LogP contribution < -0.4 is 0 Å². The number of carbonyl (C=O) groups is 1. The van der Waals surface area contributed by atoms with Crippen molar-refractivity contribution in [3.8, 4) is 0 Å². The summed E-state index contributed by atoms with van der Waals surface area (Å²) in [5.74, 6) is -0.255. The van der Waals surface area contributed by atoms with Gasteiger partial charge in [0.25, 0.3) is 0 Å². The second-order valence-electron chi connectivity index (χ2n) is 4.22. The lowest BCUT2D eigenvalue weighted by atomic mass is 10.1. The van der Waals surface area contributed by atoms with Crippen LogP contribution in [0.4, 0.5) is 0 Å². The Morgan fingerprint density at radius 1 is 1.56 bits per heavy atom. The summed E-state index contributed by atoms with van der Waals surface area (Å²) in [7, 11) is 0. The number of aliphatic imine (C=N–C) groups is 1. The maximum Gasteiger partial charge on any atom is 0.303 e. The van der Waals surface area contributed by atoms with Gasteiger partial charge in [-0.15, -0.1) is 0 Å². The Morgan fingerprint density at radius 3 is 3.11 bits per heavy atom. The summed E-state index contributed by atoms with van der Waals surface area (Å²) in [5, 5.41) is 8.59. The molecular weight excluding hydrogens is 298 g/mol. The Morgan fingerprint density at radius 2 is 2.39 bits per heavy atom. The fourth-order valence-corrected chi connectivity index (χ4v) is 2.31. The fraction of sp³-hybridized carbons (Fsp3) is 0.385. The highest BCUT2D eigenvalue weighted by Gasteiger charge is 2.19. The summed E-state index contributed by atoms with van der Waals surface area (Å²) >= 11 is 3.43. The number of aliphatic carboxylic acids is 1. The number of carboxylic acids is 1. The number of benzene rings is 1. The van der Waals surface area contributed by atoms with Gasteiger partial charge in [-0.05, 0) is 24.1 Å². The van der Waals surface area contributed by atoms with Crippen LogP contribution in [0, 0.1) is 0 Å². The van der Waals surface area contributed by atoms with Crippen LogP contribution in [-0.2, 0) is 16.0 Å². The van der Waals surface area contributed by atoms with Gasteiger partial charge in [-0.3, -0.25) is 4.79 Å². The maximum atomic E-state index is 10.5. The van der Waals surface area contributed by atoms with Gasteiger partial charge in [0.15, 0.2) is 5.90 Å². The molecule has 4 nitrogen and oxygen atoms in total. The van der Waals surface area contributed by atoms with E-state index in [0.29, 0.717) is 18.9 Å². The Labute approximate surface area is 114 Å². The lowest BCUT2D eigenvalue weighted by Crippen LogP contribution is -2.09. The zero-order chi connectivity index (χ0) is 13.0. The van der Waals surface area contributed by atoms with Gasteiger partial charge in [-0.2, -0.15) is 0 Å². The van der Waals surface area contributed by atoms with Crippen LogP contribution >= 0.6 is 15.9 Å². The van der Waals surface area contributed by atoms with Crippen molar-refractivity contribution in [2.24, 2.45) is 4.99 Å². The fourth-order valence-electron chi connectivity index (χ4n) is 1.86. The SMILES string of the molecule is O=C(O)CCC1=NC(Cc2cccc(Br)c2)CO1. The highest BCUT2D eigenvalue weighted by molar-refractivity contribution is 9.10. The molecule has 1 atom stereocenters. The van der Waals surface area contributed by atoms with E-state index in [9.17, 15) is 4.79 Å². The molecule has 0 radical (unpaired) electrons. The van der Waals surface area contributed by atoms with Gasteiger partial charge in [0, 0.05) is 10.9 Å². The van der Waals surface area contributed by atoms with E-state index in [0.717, 1.165) is 10.9 Å². The number of nitrogens with zero attached hydrogens (tertiary/aromatic N) is 1. The lowest BCUT2D eigenvalue weighted by Gasteiger charge is -2.05. The predicted octanol–water partition coefficient (Wildman–Crippen LogP) is 2.65. The van der Waals surface area contributed by atoms with Gasteiger partial charge in [-0.1, -0.05) is 28.1 Å². The average Bonchev–Trinajstić information content (AvgIpc) is 2.74. The topological polar surface area (TPSA) is 58.9 Å². The van der Waals surface area contributed by atoms with E-state index in [-0.39, 0.29) is 12.5 Å². The summed E-state index contributed by atoms with van der Waals surface area (Å²) < 4.78 is 6.44. The lowest BCUT2D eigenvalue weighted by molar-refractivity contribution is -0.136. The third-order valence-corrected chi connectivity index (χ3v) is 3.18. The summed E-state index contributed by atoms with van der Waals surface area (Å²) in [5.41, 5.74) is 1.20. The van der Waals surface area contributed by atoms with E-state index < -0.39 is 5.97 Å². The minimum Gasteiger partial charge on any atom is -0.481 e. The molecule has 0 saturated heterocycles. The Kier molecular flexibility index (Phi) is 4.36. The molecule has 0 aliphatic carbocycles. The van der Waals surface area contributed by atoms with E-state index in [2.05, 4.69) is 33.1 Å². The molecule has 0 bridgehead atoms. The van der Waals surface area contributed by atoms with E-state index in [1.165, 1.54) is 5.56 Å². The molecule has 0 aromatic heterocycles. The van der Waals surface area contributed by atoms with Gasteiger partial charge in [0.2, 0.25) is 0 Å². The molecule has 1 heterocycles. The second-order valence-corrected chi connectivity index (χ2v) is 5.13. The molecule has 0 spiro atoms. The third-order valence-electron chi connectivity index (χ3n) is 2.68. The number of hydrogen-bond acceptors (Lipinski definition) is 3. The first-order valence-electron chi connectivity index (χ1n) is 5.79. The Balaban J connectivity index is 1.90. The van der Waals surface area contributed by atoms with Crippen molar-refractivity contribution in [2.45, 2.75) is 25.3 Å². The predicted molar refractivity (Wildman–Crippen MR) is 71.9 cm³/mol. The molecule has 1 aliphatic heterocycles. The first-order valence-corrected chi connectivity index (χ1v) is 6.58. The molecule has 1 aromatic rings. The summed E-state index contributed by atoms with van der Waals surface area (Å²) in [6.07, 6.45) is 1.27. The molecule has 0 fully saturated rings. The van der Waals surface area contributed by atoms with Crippen molar-refractivity contribution in [3.63, 3.8) is 0 Å². The largest absolute Gasteiger partial charge is 0.481 e. The van der Waals surface area contributed by atoms with Crippen molar-refractivity contribution in [1.82, 2.24) is 0 Å². The highest BCUT2D eigenvalue weighted by atomic mass is 79.9. The smallest absolute Gasteiger partial charge is 0.303 e. The number of halogens is 1. The van der Waals surface area contributed by atoms with Gasteiger partial charge >= 0.3 is 5.97 Å². The first kappa shape index (κ1) is 13.1. The molecule has 0 saturated carbocycles. The minimum atomic E-state index is -0.822. The van der Waals surface area contributed by atoms with E-state index in [4.69, 9.17) is 9.84 Å². The second kappa shape index (κ2) is 6.00. The van der Waals surface area contributed by atoms with Crippen LogP contribution in [0.25, 0.3) is 0 Å². The molecule has 96 valence electrons. The van der Waals surface area contributed by atoms with Crippen LogP contribution in [0.5, 0.6) is 0 Å². The quantitative estimate of drug-likeness (QED) is 0.909. The molecule has 18 heavy (non-hydrogen) atoms. The minimum absolute atomic E-state index is 0.0719. The van der Waals surface area contributed by atoms with Crippen LogP contribution in [0.15, 0.2) is 33.7 Å². The molecule has 1 aliphatic rings. The molecular formula is C13H14BrNO3. The van der Waals surface area contributed by atoms with Gasteiger partial charge in [-0.25, -0.2) is 4.99 Å². The van der Waals surface area contributed by atoms with Crippen molar-refractivity contribution >= 4 is 27.8 Å². The molecule has 1 aromatic carbocycles. The molecule has 5 heteroatoms. The zero-order valence-electron chi connectivity index (χ0n) is 9.80. The van der Waals surface area contributed by atoms with Crippen molar-refractivity contribution in [1.29, 1.82) is 0 Å². The zero-order valence-corrected chi connectivity index (χ0v) is 11.4. The molecule has 1 N–H and O–H groups in total. The number of carboxylic acid groups (broad SMARTS) is 1. The van der Waals surface area contributed by atoms with Crippen LogP contribution in [-0.4, -0.2) is 29.6 Å². The van der Waals surface area contributed by atoms with Crippen LogP contribution in [0.1, 0.15) is 18.4 Å². The van der Waals surface area contributed by atoms with Crippen molar-refractivity contribution < 1.29 is 14.6 Å². The maximum absolute atomic E-state index is 10.5. The number of hydrogen-bond donors (Lipinski definition) is 1. The van der Waals surface area contributed by atoms with Gasteiger partial charge < -0.3 is 9.84 Å². The molecule has 1 unspecified atom stereocenters. The van der Waals surface area contributed by atoms with Crippen molar-refractivity contribution in [3.05, 3.63) is 34.3 Å². The normalized spacial score (nSPS) is 18.3. The molecule has 0 amide bonds. The van der Waals surface area contributed by atoms with Crippen molar-refractivity contribution in [2.75, 3.05) is 6.61 Å². The number of rotatable bonds is 5. The summed E-state index contributed by atoms with van der Waals surface area (Å²) in [4.78, 5) is 14.9. The van der Waals surface area contributed by atoms with E-state index in [1.807, 2.05) is 12.1 Å². The monoisotopic (exact) mass is 311 g/mol. The third kappa shape index (κ3) is 3.84. The van der Waals surface area contributed by atoms with Gasteiger partial charge in [0.1, 0.15) is 6.61 Å². The number of ether oxygens (including phenoxy) is 1. The van der Waals surface area contributed by atoms with Crippen LogP contribution in [0.3, 0.4) is 0 Å². The first-order chi connectivity index (χ1) is 8.63. The van der Waals surface area contributed by atoms with Crippen LogP contribution in [0.2, 0.25) is 0 Å². The molecule has 2 rings (SSSR count). The Bertz CT molecular complexity index is 473. The van der Waals surface area contributed by atoms with Gasteiger partial charge in [0.05, 0.1) is 12.5 Å². The van der Waals surface area contributed by atoms with E-state index in [1.54, 1.807) is 0 Å². The standard InChI is InChI=1S/C13H14BrNO3/c14-10-3-1-2-9(6-10)7-11-8-18-12(15-11)4-5-13(16)17/h1-3,6,11H,4-5,7-8H2,(H,16,17). The van der Waals surface area contributed by atoms with E-state index >= 15 is 0 Å². The summed E-state index contributed by atoms with van der Waals surface area (Å²) in [6.45, 7) is 0.543.